The molecule has 0 saturated heterocycles. The van der Waals surface area contributed by atoms with E-state index in [1.165, 1.54) is 0 Å². The van der Waals surface area contributed by atoms with Gasteiger partial charge in [0.25, 0.3) is 0 Å². The first kappa shape index (κ1) is 16.9. The van der Waals surface area contributed by atoms with Gasteiger partial charge in [0.2, 0.25) is 10.0 Å². The van der Waals surface area contributed by atoms with E-state index in [2.05, 4.69) is 9.46 Å². The Morgan fingerprint density at radius 1 is 1.22 bits per heavy atom. The number of carbonyl (C=O) groups excluding carboxylic acids is 1. The predicted molar refractivity (Wildman–Crippen MR) is 64.5 cm³/mol. The fraction of sp³-hybridized carbons (Fsp3) is 0.800. The highest BCUT2D eigenvalue weighted by Gasteiger charge is 2.16. The Morgan fingerprint density at radius 3 is 2.44 bits per heavy atom. The molecule has 0 rings (SSSR count). The highest BCUT2D eigenvalue weighted by atomic mass is 32.2. The lowest BCUT2D eigenvalue weighted by Gasteiger charge is -2.06. The first-order chi connectivity index (χ1) is 8.37. The molecule has 0 bridgehead atoms. The van der Waals surface area contributed by atoms with E-state index in [0.29, 0.717) is 19.3 Å². The van der Waals surface area contributed by atoms with Crippen LogP contribution in [0.1, 0.15) is 32.6 Å². The molecule has 106 valence electrons. The molecule has 0 aliphatic heterocycles. The van der Waals surface area contributed by atoms with E-state index in [9.17, 15) is 18.0 Å². The van der Waals surface area contributed by atoms with Crippen molar-refractivity contribution in [3.8, 4) is 0 Å². The molecule has 0 heterocycles. The van der Waals surface area contributed by atoms with Gasteiger partial charge in [-0.1, -0.05) is 6.42 Å². The molecule has 0 fully saturated rings. The molecule has 0 unspecified atom stereocenters. The maximum absolute atomic E-state index is 11.4. The highest BCUT2D eigenvalue weighted by molar-refractivity contribution is 7.90. The van der Waals surface area contributed by atoms with Gasteiger partial charge >= 0.3 is 11.9 Å². The summed E-state index contributed by atoms with van der Waals surface area (Å²) >= 11 is 0. The molecule has 0 saturated carbocycles. The van der Waals surface area contributed by atoms with Crippen LogP contribution in [0.4, 0.5) is 0 Å². The van der Waals surface area contributed by atoms with Crippen LogP contribution in [0.3, 0.4) is 0 Å². The Morgan fingerprint density at radius 2 is 1.89 bits per heavy atom. The molecule has 0 atom stereocenters. The first-order valence-electron chi connectivity index (χ1n) is 5.72. The van der Waals surface area contributed by atoms with E-state index in [0.717, 1.165) is 0 Å². The third-order valence-corrected chi connectivity index (χ3v) is 3.26. The zero-order valence-electron chi connectivity index (χ0n) is 10.3. The first-order valence-corrected chi connectivity index (χ1v) is 7.37. The summed E-state index contributed by atoms with van der Waals surface area (Å²) in [4.78, 5) is 21.2. The molecular formula is C10H19NO6S. The van der Waals surface area contributed by atoms with Crippen LogP contribution < -0.4 is 4.72 Å². The summed E-state index contributed by atoms with van der Waals surface area (Å²) < 4.78 is 29.5. The van der Waals surface area contributed by atoms with Crippen LogP contribution in [-0.2, 0) is 24.3 Å². The lowest BCUT2D eigenvalue weighted by molar-refractivity contribution is -0.140. The zero-order chi connectivity index (χ0) is 14.0. The van der Waals surface area contributed by atoms with Gasteiger partial charge in [-0.3, -0.25) is 9.59 Å². The van der Waals surface area contributed by atoms with Gasteiger partial charge in [-0.25, -0.2) is 13.1 Å². The van der Waals surface area contributed by atoms with Crippen molar-refractivity contribution in [2.45, 2.75) is 32.6 Å². The Balaban J connectivity index is 3.71. The van der Waals surface area contributed by atoms with Crippen molar-refractivity contribution in [1.82, 2.24) is 4.72 Å². The second-order valence-electron chi connectivity index (χ2n) is 3.66. The van der Waals surface area contributed by atoms with Crippen molar-refractivity contribution in [1.29, 1.82) is 0 Å². The Kier molecular flexibility index (Phi) is 8.30. The number of hydrogen-bond donors (Lipinski definition) is 2. The summed E-state index contributed by atoms with van der Waals surface area (Å²) in [6, 6.07) is 0. The predicted octanol–water partition coefficient (Wildman–Crippen LogP) is 0.114. The molecule has 0 aliphatic rings. The molecule has 0 radical (unpaired) electrons. The van der Waals surface area contributed by atoms with E-state index in [-0.39, 0.29) is 19.6 Å². The maximum atomic E-state index is 11.4. The summed E-state index contributed by atoms with van der Waals surface area (Å²) in [6.07, 6.45) is 1.74. The summed E-state index contributed by atoms with van der Waals surface area (Å²) in [5, 5.41) is 8.39. The smallest absolute Gasteiger partial charge is 0.322 e. The number of nitrogens with one attached hydrogen (secondary N) is 1. The molecule has 0 aliphatic carbocycles. The van der Waals surface area contributed by atoms with Gasteiger partial charge in [-0.05, 0) is 19.8 Å². The second-order valence-corrected chi connectivity index (χ2v) is 5.47. The van der Waals surface area contributed by atoms with Crippen LogP contribution >= 0.6 is 0 Å². The number of sulfonamides is 1. The average molecular weight is 281 g/mol. The summed E-state index contributed by atoms with van der Waals surface area (Å²) in [5.41, 5.74) is 0. The van der Waals surface area contributed by atoms with Crippen LogP contribution in [0.15, 0.2) is 0 Å². The number of rotatable bonds is 10. The number of carbonyl (C=O) groups is 2. The normalized spacial score (nSPS) is 11.2. The zero-order valence-corrected chi connectivity index (χ0v) is 11.2. The van der Waals surface area contributed by atoms with Crippen molar-refractivity contribution >= 4 is 22.0 Å². The molecule has 0 aromatic heterocycles. The Hall–Kier alpha value is -1.15. The number of aliphatic carboxylic acids is 1. The number of hydrogen-bond acceptors (Lipinski definition) is 5. The monoisotopic (exact) mass is 281 g/mol. The molecule has 0 aromatic rings. The van der Waals surface area contributed by atoms with E-state index < -0.39 is 27.7 Å². The van der Waals surface area contributed by atoms with E-state index >= 15 is 0 Å². The van der Waals surface area contributed by atoms with Gasteiger partial charge in [-0.2, -0.15) is 0 Å². The quantitative estimate of drug-likeness (QED) is 0.434. The maximum Gasteiger partial charge on any atom is 0.322 e. The number of carboxylic acid groups (broad SMARTS) is 1. The summed E-state index contributed by atoms with van der Waals surface area (Å²) in [6.45, 7) is 1.94. The SMILES string of the molecule is CCOC(=O)CS(=O)(=O)NCCCCCC(=O)O. The summed E-state index contributed by atoms with van der Waals surface area (Å²) in [5.74, 6) is -2.33. The van der Waals surface area contributed by atoms with Crippen molar-refractivity contribution in [2.75, 3.05) is 18.9 Å². The van der Waals surface area contributed by atoms with Crippen LogP contribution in [-0.4, -0.2) is 44.4 Å². The lowest BCUT2D eigenvalue weighted by Crippen LogP contribution is -2.31. The van der Waals surface area contributed by atoms with Gasteiger partial charge < -0.3 is 9.84 Å². The minimum absolute atomic E-state index is 0.0789. The molecule has 2 N–H and O–H groups in total. The fourth-order valence-corrected chi connectivity index (χ4v) is 2.17. The number of carboxylic acids is 1. The van der Waals surface area contributed by atoms with Gasteiger partial charge in [0.1, 0.15) is 0 Å². The molecular weight excluding hydrogens is 262 g/mol. The fourth-order valence-electron chi connectivity index (χ4n) is 1.21. The van der Waals surface area contributed by atoms with Gasteiger partial charge in [0, 0.05) is 13.0 Å². The summed E-state index contributed by atoms with van der Waals surface area (Å²) in [7, 11) is -3.65. The second kappa shape index (κ2) is 8.87. The minimum Gasteiger partial charge on any atom is -0.481 e. The van der Waals surface area contributed by atoms with Gasteiger partial charge in [0.05, 0.1) is 6.61 Å². The molecule has 18 heavy (non-hydrogen) atoms. The van der Waals surface area contributed by atoms with E-state index in [1.807, 2.05) is 0 Å². The molecule has 0 aromatic carbocycles. The largest absolute Gasteiger partial charge is 0.481 e. The average Bonchev–Trinajstić information content (AvgIpc) is 2.22. The van der Waals surface area contributed by atoms with E-state index in [4.69, 9.17) is 5.11 Å². The molecule has 0 spiro atoms. The Bertz CT molecular complexity index is 365. The third-order valence-electron chi connectivity index (χ3n) is 2.00. The van der Waals surface area contributed by atoms with Crippen molar-refractivity contribution in [3.63, 3.8) is 0 Å². The third kappa shape index (κ3) is 10.0. The lowest BCUT2D eigenvalue weighted by atomic mass is 10.2. The van der Waals surface area contributed by atoms with Crippen LogP contribution in [0.5, 0.6) is 0 Å². The molecule has 7 nitrogen and oxygen atoms in total. The standard InChI is InChI=1S/C10H19NO6S/c1-2-17-10(14)8-18(15,16)11-7-5-3-4-6-9(12)13/h11H,2-8H2,1H3,(H,12,13). The number of unbranched alkanes of at least 4 members (excludes halogenated alkanes) is 2. The topological polar surface area (TPSA) is 110 Å². The van der Waals surface area contributed by atoms with Crippen molar-refractivity contribution < 1.29 is 27.9 Å². The highest BCUT2D eigenvalue weighted by Crippen LogP contribution is 1.99. The van der Waals surface area contributed by atoms with Crippen LogP contribution in [0, 0.1) is 0 Å². The van der Waals surface area contributed by atoms with Crippen molar-refractivity contribution in [2.24, 2.45) is 0 Å². The molecule has 0 amide bonds. The number of esters is 1. The van der Waals surface area contributed by atoms with Crippen molar-refractivity contribution in [3.05, 3.63) is 0 Å². The van der Waals surface area contributed by atoms with Crippen LogP contribution in [0.25, 0.3) is 0 Å². The van der Waals surface area contributed by atoms with Gasteiger partial charge in [-0.15, -0.1) is 0 Å². The van der Waals surface area contributed by atoms with Gasteiger partial charge in [0.15, 0.2) is 5.75 Å². The van der Waals surface area contributed by atoms with Crippen LogP contribution in [0.2, 0.25) is 0 Å². The number of ether oxygens (including phenoxy) is 1. The molecule has 8 heteroatoms. The van der Waals surface area contributed by atoms with E-state index in [1.54, 1.807) is 6.92 Å². The Labute approximate surface area is 107 Å². The minimum atomic E-state index is -3.65.